The molecule has 0 fully saturated rings. The first-order chi connectivity index (χ1) is 12.5. The lowest BCUT2D eigenvalue weighted by Gasteiger charge is -2.18. The van der Waals surface area contributed by atoms with E-state index < -0.39 is 18.0 Å². The zero-order valence-electron chi connectivity index (χ0n) is 14.0. The molecular weight excluding hydrogens is 352 g/mol. The normalized spacial score (nSPS) is 11.6. The van der Waals surface area contributed by atoms with E-state index >= 15 is 0 Å². The number of carbonyl (C=O) groups excluding carboxylic acids is 2. The molecule has 0 unspecified atom stereocenters. The molecule has 0 radical (unpaired) electrons. The average Bonchev–Trinajstić information content (AvgIpc) is 3.18. The van der Waals surface area contributed by atoms with Crippen LogP contribution in [0.4, 0.5) is 5.69 Å². The zero-order chi connectivity index (χ0) is 18.5. The van der Waals surface area contributed by atoms with Gasteiger partial charge in [-0.15, -0.1) is 0 Å². The fraction of sp³-hybridized carbons (Fsp3) is 0.100. The summed E-state index contributed by atoms with van der Waals surface area (Å²) in [5.74, 6) is -1.07. The Kier molecular flexibility index (Phi) is 5.39. The fourth-order valence-corrected chi connectivity index (χ4v) is 2.59. The SMILES string of the molecule is Cc1ccc(NC(=O)[C@@H](OC(=O)c2ccc[nH]2)c2ccccc2)cc1Cl. The van der Waals surface area contributed by atoms with Crippen LogP contribution in [0.3, 0.4) is 0 Å². The molecule has 0 spiro atoms. The van der Waals surface area contributed by atoms with Gasteiger partial charge in [0.25, 0.3) is 5.91 Å². The number of ether oxygens (including phenoxy) is 1. The van der Waals surface area contributed by atoms with Gasteiger partial charge in [-0.25, -0.2) is 4.79 Å². The molecule has 3 rings (SSSR count). The Balaban J connectivity index is 1.83. The van der Waals surface area contributed by atoms with E-state index in [-0.39, 0.29) is 5.69 Å². The second kappa shape index (κ2) is 7.89. The molecule has 0 saturated carbocycles. The molecule has 0 aliphatic heterocycles. The molecule has 132 valence electrons. The maximum Gasteiger partial charge on any atom is 0.355 e. The van der Waals surface area contributed by atoms with Crippen molar-refractivity contribution in [1.82, 2.24) is 4.98 Å². The molecule has 0 bridgehead atoms. The third-order valence-corrected chi connectivity index (χ3v) is 4.23. The Morgan fingerprint density at radius 1 is 1.08 bits per heavy atom. The third-order valence-electron chi connectivity index (χ3n) is 3.82. The van der Waals surface area contributed by atoms with E-state index in [0.717, 1.165) is 5.56 Å². The minimum Gasteiger partial charge on any atom is -0.443 e. The highest BCUT2D eigenvalue weighted by Gasteiger charge is 2.26. The number of aromatic amines is 1. The molecule has 2 aromatic carbocycles. The van der Waals surface area contributed by atoms with E-state index in [0.29, 0.717) is 16.3 Å². The van der Waals surface area contributed by atoms with Crippen molar-refractivity contribution < 1.29 is 14.3 Å². The van der Waals surface area contributed by atoms with Gasteiger partial charge in [0.05, 0.1) is 0 Å². The Morgan fingerprint density at radius 3 is 2.50 bits per heavy atom. The quantitative estimate of drug-likeness (QED) is 0.651. The van der Waals surface area contributed by atoms with Crippen LogP contribution < -0.4 is 5.32 Å². The van der Waals surface area contributed by atoms with Gasteiger partial charge in [-0.3, -0.25) is 4.79 Å². The first kappa shape index (κ1) is 17.8. The number of carbonyl (C=O) groups is 2. The number of hydrogen-bond acceptors (Lipinski definition) is 3. The van der Waals surface area contributed by atoms with Crippen LogP contribution in [0.15, 0.2) is 66.9 Å². The van der Waals surface area contributed by atoms with Gasteiger partial charge in [-0.2, -0.15) is 0 Å². The van der Waals surface area contributed by atoms with Crippen LogP contribution in [0.25, 0.3) is 0 Å². The van der Waals surface area contributed by atoms with Crippen LogP contribution >= 0.6 is 11.6 Å². The van der Waals surface area contributed by atoms with Crippen molar-refractivity contribution >= 4 is 29.2 Å². The highest BCUT2D eigenvalue weighted by molar-refractivity contribution is 6.31. The number of benzene rings is 2. The Bertz CT molecular complexity index is 908. The molecule has 6 heteroatoms. The summed E-state index contributed by atoms with van der Waals surface area (Å²) in [5, 5.41) is 3.29. The molecule has 1 aromatic heterocycles. The molecule has 1 atom stereocenters. The summed E-state index contributed by atoms with van der Waals surface area (Å²) in [7, 11) is 0. The first-order valence-corrected chi connectivity index (χ1v) is 8.39. The summed E-state index contributed by atoms with van der Waals surface area (Å²) in [6.07, 6.45) is 0.523. The number of hydrogen-bond donors (Lipinski definition) is 2. The summed E-state index contributed by atoms with van der Waals surface area (Å²) in [4.78, 5) is 27.8. The second-order valence-corrected chi connectivity index (χ2v) is 6.14. The molecule has 5 nitrogen and oxygen atoms in total. The summed E-state index contributed by atoms with van der Waals surface area (Å²) in [6.45, 7) is 1.87. The molecule has 2 N–H and O–H groups in total. The van der Waals surface area contributed by atoms with E-state index in [1.807, 2.05) is 13.0 Å². The predicted molar refractivity (Wildman–Crippen MR) is 100 cm³/mol. The number of nitrogens with one attached hydrogen (secondary N) is 2. The van der Waals surface area contributed by atoms with Gasteiger partial charge in [0.1, 0.15) is 5.69 Å². The van der Waals surface area contributed by atoms with Crippen molar-refractivity contribution in [2.75, 3.05) is 5.32 Å². The minimum absolute atomic E-state index is 0.275. The maximum atomic E-state index is 12.8. The van der Waals surface area contributed by atoms with Gasteiger partial charge in [0.15, 0.2) is 0 Å². The highest BCUT2D eigenvalue weighted by Crippen LogP contribution is 2.24. The van der Waals surface area contributed by atoms with Crippen molar-refractivity contribution in [1.29, 1.82) is 0 Å². The monoisotopic (exact) mass is 368 g/mol. The van der Waals surface area contributed by atoms with Gasteiger partial charge in [0, 0.05) is 22.5 Å². The van der Waals surface area contributed by atoms with E-state index in [2.05, 4.69) is 10.3 Å². The lowest BCUT2D eigenvalue weighted by molar-refractivity contribution is -0.125. The summed E-state index contributed by atoms with van der Waals surface area (Å²) in [5.41, 5.74) is 2.28. The van der Waals surface area contributed by atoms with Crippen LogP contribution in [-0.4, -0.2) is 16.9 Å². The number of aromatic nitrogens is 1. The highest BCUT2D eigenvalue weighted by atomic mass is 35.5. The minimum atomic E-state index is -1.09. The van der Waals surface area contributed by atoms with Crippen LogP contribution in [0, 0.1) is 6.92 Å². The van der Waals surface area contributed by atoms with Gasteiger partial charge in [0.2, 0.25) is 6.10 Å². The van der Waals surface area contributed by atoms with Crippen molar-refractivity contribution in [3.63, 3.8) is 0 Å². The number of esters is 1. The number of halogens is 1. The largest absolute Gasteiger partial charge is 0.443 e. The van der Waals surface area contributed by atoms with Crippen LogP contribution in [0.1, 0.15) is 27.7 Å². The average molecular weight is 369 g/mol. The van der Waals surface area contributed by atoms with Gasteiger partial charge < -0.3 is 15.0 Å². The fourth-order valence-electron chi connectivity index (χ4n) is 2.41. The number of aryl methyl sites for hydroxylation is 1. The topological polar surface area (TPSA) is 71.2 Å². The molecule has 3 aromatic rings. The van der Waals surface area contributed by atoms with E-state index in [4.69, 9.17) is 16.3 Å². The molecule has 0 aliphatic rings. The lowest BCUT2D eigenvalue weighted by Crippen LogP contribution is -2.26. The second-order valence-electron chi connectivity index (χ2n) is 5.73. The number of amides is 1. The standard InChI is InChI=1S/C20H17ClN2O3/c1-13-9-10-15(12-16(13)21)23-19(24)18(14-6-3-2-4-7-14)26-20(25)17-8-5-11-22-17/h2-12,18,22H,1H3,(H,23,24)/t18-/m0/s1. The molecule has 0 saturated heterocycles. The van der Waals surface area contributed by atoms with Gasteiger partial charge in [-0.05, 0) is 36.8 Å². The zero-order valence-corrected chi connectivity index (χ0v) is 14.8. The molecular formula is C20H17ClN2O3. The summed E-state index contributed by atoms with van der Waals surface area (Å²) >= 11 is 6.10. The van der Waals surface area contributed by atoms with Gasteiger partial charge >= 0.3 is 5.97 Å². The van der Waals surface area contributed by atoms with Crippen molar-refractivity contribution in [3.05, 3.63) is 88.7 Å². The van der Waals surface area contributed by atoms with E-state index in [1.165, 1.54) is 0 Å². The smallest absolute Gasteiger partial charge is 0.355 e. The number of rotatable bonds is 5. The Hall–Kier alpha value is -3.05. The van der Waals surface area contributed by atoms with Crippen LogP contribution in [0.5, 0.6) is 0 Å². The predicted octanol–water partition coefficient (Wildman–Crippen LogP) is 4.51. The van der Waals surface area contributed by atoms with Crippen molar-refractivity contribution in [2.45, 2.75) is 13.0 Å². The Labute approximate surface area is 156 Å². The molecule has 1 amide bonds. The maximum absolute atomic E-state index is 12.8. The van der Waals surface area contributed by atoms with Crippen LogP contribution in [0.2, 0.25) is 5.02 Å². The molecule has 26 heavy (non-hydrogen) atoms. The number of anilines is 1. The molecule has 0 aliphatic carbocycles. The van der Waals surface area contributed by atoms with E-state index in [1.54, 1.807) is 60.8 Å². The summed E-state index contributed by atoms with van der Waals surface area (Å²) in [6, 6.07) is 17.3. The Morgan fingerprint density at radius 2 is 1.85 bits per heavy atom. The summed E-state index contributed by atoms with van der Waals surface area (Å²) < 4.78 is 5.45. The van der Waals surface area contributed by atoms with Crippen LogP contribution in [-0.2, 0) is 9.53 Å². The van der Waals surface area contributed by atoms with E-state index in [9.17, 15) is 9.59 Å². The third kappa shape index (κ3) is 4.13. The van der Waals surface area contributed by atoms with Crippen molar-refractivity contribution in [2.24, 2.45) is 0 Å². The van der Waals surface area contributed by atoms with Gasteiger partial charge in [-0.1, -0.05) is 48.0 Å². The lowest BCUT2D eigenvalue weighted by atomic mass is 10.1. The number of H-pyrrole nitrogens is 1. The molecule has 1 heterocycles. The first-order valence-electron chi connectivity index (χ1n) is 8.01. The van der Waals surface area contributed by atoms with Crippen molar-refractivity contribution in [3.8, 4) is 0 Å².